The first-order chi connectivity index (χ1) is 6.76. The normalized spacial score (nSPS) is 11.9. The van der Waals surface area contributed by atoms with Gasteiger partial charge in [0.05, 0.1) is 5.25 Å². The Morgan fingerprint density at radius 3 is 2.13 bits per heavy atom. The van der Waals surface area contributed by atoms with E-state index >= 15 is 0 Å². The molecule has 0 aliphatic rings. The van der Waals surface area contributed by atoms with E-state index in [0.717, 1.165) is 12.1 Å². The van der Waals surface area contributed by atoms with Crippen LogP contribution in [-0.4, -0.2) is 29.0 Å². The molecule has 3 N–H and O–H groups in total. The number of benzene rings is 1. The minimum absolute atomic E-state index is 0.412. The monoisotopic (exact) mass is 232 g/mol. The third-order valence-electron chi connectivity index (χ3n) is 1.97. The van der Waals surface area contributed by atoms with Gasteiger partial charge in [0.25, 0.3) is 0 Å². The molecule has 0 bridgehead atoms. The Balaban J connectivity index is 3.52. The van der Waals surface area contributed by atoms with Gasteiger partial charge < -0.3 is 15.3 Å². The summed E-state index contributed by atoms with van der Waals surface area (Å²) >= 11 is 0. The summed E-state index contributed by atoms with van der Waals surface area (Å²) in [6.07, 6.45) is 0. The van der Waals surface area contributed by atoms with Gasteiger partial charge in [0.2, 0.25) is 0 Å². The Kier molecular flexibility index (Phi) is 2.81. The molecule has 0 aliphatic heterocycles. The second-order valence-electron chi connectivity index (χ2n) is 3.41. The molecular weight excluding hydrogens is 220 g/mol. The predicted octanol–water partition coefficient (Wildman–Crippen LogP) is 0.985. The Labute approximate surface area is 87.5 Å². The molecule has 0 aromatic heterocycles. The zero-order valence-electron chi connectivity index (χ0n) is 8.30. The Morgan fingerprint density at radius 1 is 1.13 bits per heavy atom. The fraction of sp³-hybridized carbons (Fsp3) is 0.333. The molecule has 0 heterocycles. The van der Waals surface area contributed by atoms with Gasteiger partial charge >= 0.3 is 0 Å². The van der Waals surface area contributed by atoms with Crippen molar-refractivity contribution in [3.8, 4) is 17.2 Å². The second-order valence-corrected chi connectivity index (χ2v) is 5.88. The van der Waals surface area contributed by atoms with E-state index in [1.165, 1.54) is 13.8 Å². The molecule has 1 aromatic carbocycles. The highest BCUT2D eigenvalue weighted by Crippen LogP contribution is 2.37. The van der Waals surface area contributed by atoms with Crippen LogP contribution in [0, 0.1) is 0 Å². The molecule has 5 nitrogen and oxygen atoms in total. The Hall–Kier alpha value is -1.43. The van der Waals surface area contributed by atoms with E-state index in [2.05, 4.69) is 0 Å². The third kappa shape index (κ3) is 1.99. The first-order valence-corrected chi connectivity index (χ1v) is 5.80. The van der Waals surface area contributed by atoms with Crippen molar-refractivity contribution in [3.63, 3.8) is 0 Å². The summed E-state index contributed by atoms with van der Waals surface area (Å²) in [4.78, 5) is -0.463. The summed E-state index contributed by atoms with van der Waals surface area (Å²) in [6.45, 7) is 2.88. The molecule has 0 unspecified atom stereocenters. The highest BCUT2D eigenvalue weighted by atomic mass is 32.2. The number of phenols is 3. The van der Waals surface area contributed by atoms with Gasteiger partial charge in [-0.3, -0.25) is 0 Å². The van der Waals surface area contributed by atoms with E-state index in [1.54, 1.807) is 0 Å². The quantitative estimate of drug-likeness (QED) is 0.522. The summed E-state index contributed by atoms with van der Waals surface area (Å²) in [5.41, 5.74) is 0. The predicted molar refractivity (Wildman–Crippen MR) is 53.8 cm³/mol. The summed E-state index contributed by atoms with van der Waals surface area (Å²) in [5.74, 6) is -1.81. The first kappa shape index (κ1) is 11.6. The minimum atomic E-state index is -3.72. The first-order valence-electron chi connectivity index (χ1n) is 4.25. The van der Waals surface area contributed by atoms with E-state index in [4.69, 9.17) is 10.2 Å². The summed E-state index contributed by atoms with van der Waals surface area (Å²) in [7, 11) is -3.72. The van der Waals surface area contributed by atoms with Crippen molar-refractivity contribution in [2.24, 2.45) is 0 Å². The van der Waals surface area contributed by atoms with Gasteiger partial charge in [0.15, 0.2) is 21.3 Å². The van der Waals surface area contributed by atoms with Gasteiger partial charge in [0, 0.05) is 12.1 Å². The van der Waals surface area contributed by atoms with Crippen LogP contribution < -0.4 is 0 Å². The second kappa shape index (κ2) is 3.62. The molecule has 0 radical (unpaired) electrons. The fourth-order valence-electron chi connectivity index (χ4n) is 1.05. The maximum absolute atomic E-state index is 11.7. The molecule has 1 aromatic rings. The van der Waals surface area contributed by atoms with Crippen LogP contribution in [0.5, 0.6) is 17.2 Å². The van der Waals surface area contributed by atoms with Crippen LogP contribution in [0.1, 0.15) is 13.8 Å². The standard InChI is InChI=1S/C9H12O5S/c1-5(2)15(13,14)8-4-6(10)3-7(11)9(8)12/h3-5,10-12H,1-2H3. The molecule has 0 spiro atoms. The molecule has 0 saturated carbocycles. The van der Waals surface area contributed by atoms with Gasteiger partial charge in [-0.15, -0.1) is 0 Å². The van der Waals surface area contributed by atoms with Crippen LogP contribution in [0.15, 0.2) is 17.0 Å². The number of hydrogen-bond donors (Lipinski definition) is 3. The number of aromatic hydroxyl groups is 3. The van der Waals surface area contributed by atoms with Crippen LogP contribution in [0.25, 0.3) is 0 Å². The number of rotatable bonds is 2. The van der Waals surface area contributed by atoms with E-state index in [1.807, 2.05) is 0 Å². The largest absolute Gasteiger partial charge is 0.508 e. The molecule has 0 aliphatic carbocycles. The zero-order valence-corrected chi connectivity index (χ0v) is 9.11. The maximum atomic E-state index is 11.7. The van der Waals surface area contributed by atoms with Gasteiger partial charge in [-0.25, -0.2) is 8.42 Å². The lowest BCUT2D eigenvalue weighted by molar-refractivity contribution is 0.385. The minimum Gasteiger partial charge on any atom is -0.508 e. The smallest absolute Gasteiger partial charge is 0.184 e. The SMILES string of the molecule is CC(C)S(=O)(=O)c1cc(O)cc(O)c1O. The number of sulfone groups is 1. The number of hydrogen-bond acceptors (Lipinski definition) is 5. The average Bonchev–Trinajstić information content (AvgIpc) is 2.10. The molecule has 15 heavy (non-hydrogen) atoms. The molecule has 0 amide bonds. The molecule has 0 atom stereocenters. The van der Waals surface area contributed by atoms with Crippen LogP contribution >= 0.6 is 0 Å². The third-order valence-corrected chi connectivity index (χ3v) is 4.13. The fourth-order valence-corrected chi connectivity index (χ4v) is 2.22. The van der Waals surface area contributed by atoms with Crippen molar-refractivity contribution in [2.75, 3.05) is 0 Å². The van der Waals surface area contributed by atoms with Crippen molar-refractivity contribution in [1.29, 1.82) is 0 Å². The van der Waals surface area contributed by atoms with Crippen molar-refractivity contribution >= 4 is 9.84 Å². The molecule has 0 fully saturated rings. The maximum Gasteiger partial charge on any atom is 0.184 e. The van der Waals surface area contributed by atoms with Crippen molar-refractivity contribution in [3.05, 3.63) is 12.1 Å². The lowest BCUT2D eigenvalue weighted by Gasteiger charge is -2.10. The lowest BCUT2D eigenvalue weighted by Crippen LogP contribution is -2.14. The molecular formula is C9H12O5S. The average molecular weight is 232 g/mol. The molecule has 84 valence electrons. The van der Waals surface area contributed by atoms with Gasteiger partial charge in [-0.2, -0.15) is 0 Å². The highest BCUT2D eigenvalue weighted by Gasteiger charge is 2.25. The van der Waals surface area contributed by atoms with Crippen molar-refractivity contribution < 1.29 is 23.7 Å². The van der Waals surface area contributed by atoms with Crippen molar-refractivity contribution in [1.82, 2.24) is 0 Å². The highest BCUT2D eigenvalue weighted by molar-refractivity contribution is 7.92. The summed E-state index contributed by atoms with van der Waals surface area (Å²) < 4.78 is 23.3. The number of phenolic OH excluding ortho intramolecular Hbond substituents is 3. The van der Waals surface area contributed by atoms with Crippen LogP contribution in [0.3, 0.4) is 0 Å². The lowest BCUT2D eigenvalue weighted by atomic mass is 10.3. The van der Waals surface area contributed by atoms with Gasteiger partial charge in [-0.05, 0) is 13.8 Å². The van der Waals surface area contributed by atoms with E-state index in [0.29, 0.717) is 0 Å². The van der Waals surface area contributed by atoms with Crippen molar-refractivity contribution in [2.45, 2.75) is 24.0 Å². The molecule has 0 saturated heterocycles. The topological polar surface area (TPSA) is 94.8 Å². The van der Waals surface area contributed by atoms with E-state index in [9.17, 15) is 13.5 Å². The Morgan fingerprint density at radius 2 is 1.67 bits per heavy atom. The van der Waals surface area contributed by atoms with Crippen LogP contribution in [0.2, 0.25) is 0 Å². The summed E-state index contributed by atoms with van der Waals surface area (Å²) in [6, 6.07) is 1.78. The van der Waals surface area contributed by atoms with Gasteiger partial charge in [0.1, 0.15) is 10.6 Å². The zero-order chi connectivity index (χ0) is 11.8. The molecule has 6 heteroatoms. The van der Waals surface area contributed by atoms with Crippen LogP contribution in [0.4, 0.5) is 0 Å². The van der Waals surface area contributed by atoms with E-state index in [-0.39, 0.29) is 0 Å². The molecule has 1 rings (SSSR count). The van der Waals surface area contributed by atoms with Crippen LogP contribution in [-0.2, 0) is 9.84 Å². The Bertz CT molecular complexity index is 476. The summed E-state index contributed by atoms with van der Waals surface area (Å²) in [5, 5.41) is 26.9. The van der Waals surface area contributed by atoms with E-state index < -0.39 is 37.2 Å². The van der Waals surface area contributed by atoms with Gasteiger partial charge in [-0.1, -0.05) is 0 Å².